The number of benzene rings is 1. The van der Waals surface area contributed by atoms with Crippen molar-refractivity contribution in [2.45, 2.75) is 0 Å². The lowest BCUT2D eigenvalue weighted by atomic mass is 10.0. The van der Waals surface area contributed by atoms with E-state index in [2.05, 4.69) is 4.98 Å². The minimum absolute atomic E-state index is 0.0185. The molecular formula is C13H10F2N2O2. The zero-order chi connectivity index (χ0) is 14.0. The van der Waals surface area contributed by atoms with E-state index in [1.807, 2.05) is 0 Å². The molecule has 6 heteroatoms. The first-order valence-corrected chi connectivity index (χ1v) is 5.32. The van der Waals surface area contributed by atoms with E-state index in [0.29, 0.717) is 0 Å². The minimum atomic E-state index is -0.787. The number of nitrogens with two attached hydrogens (primary N) is 1. The highest BCUT2D eigenvalue weighted by Gasteiger charge is 2.18. The zero-order valence-electron chi connectivity index (χ0n) is 9.98. The fraction of sp³-hybridized carbons (Fsp3) is 0.0769. The van der Waals surface area contributed by atoms with E-state index in [9.17, 15) is 13.6 Å². The molecule has 0 saturated heterocycles. The fourth-order valence-corrected chi connectivity index (χ4v) is 1.76. The summed E-state index contributed by atoms with van der Waals surface area (Å²) in [7, 11) is 1.36. The van der Waals surface area contributed by atoms with Gasteiger partial charge < -0.3 is 10.5 Å². The van der Waals surface area contributed by atoms with E-state index in [4.69, 9.17) is 10.5 Å². The number of halogens is 2. The van der Waals surface area contributed by atoms with Crippen LogP contribution < -0.4 is 10.5 Å². The number of nitrogens with zero attached hydrogens (tertiary/aromatic N) is 1. The van der Waals surface area contributed by atoms with Crippen molar-refractivity contribution >= 4 is 5.91 Å². The Labute approximate surface area is 107 Å². The van der Waals surface area contributed by atoms with Gasteiger partial charge in [0.05, 0.1) is 12.8 Å². The molecule has 2 N–H and O–H groups in total. The van der Waals surface area contributed by atoms with Gasteiger partial charge in [-0.05, 0) is 18.2 Å². The van der Waals surface area contributed by atoms with Gasteiger partial charge in [-0.2, -0.15) is 0 Å². The molecule has 19 heavy (non-hydrogen) atoms. The number of methoxy groups -OCH3 is 1. The summed E-state index contributed by atoms with van der Waals surface area (Å²) in [4.78, 5) is 15.4. The molecule has 0 fully saturated rings. The van der Waals surface area contributed by atoms with Gasteiger partial charge in [-0.1, -0.05) is 0 Å². The smallest absolute Gasteiger partial charge is 0.254 e. The molecule has 0 saturated carbocycles. The van der Waals surface area contributed by atoms with Crippen LogP contribution in [-0.2, 0) is 0 Å². The summed E-state index contributed by atoms with van der Waals surface area (Å²) in [5, 5.41) is 0. The lowest BCUT2D eigenvalue weighted by Crippen LogP contribution is -2.15. The van der Waals surface area contributed by atoms with E-state index in [0.717, 1.165) is 18.2 Å². The summed E-state index contributed by atoms with van der Waals surface area (Å²) in [6, 6.07) is 4.31. The Morgan fingerprint density at radius 3 is 2.42 bits per heavy atom. The molecule has 0 aliphatic carbocycles. The highest BCUT2D eigenvalue weighted by Crippen LogP contribution is 2.29. The molecular weight excluding hydrogens is 254 g/mol. The predicted octanol–water partition coefficient (Wildman–Crippen LogP) is 2.13. The number of aromatic nitrogens is 1. The van der Waals surface area contributed by atoms with Gasteiger partial charge in [-0.3, -0.25) is 9.78 Å². The fourth-order valence-electron chi connectivity index (χ4n) is 1.76. The Bertz CT molecular complexity index is 624. The molecule has 2 aromatic rings. The summed E-state index contributed by atoms with van der Waals surface area (Å²) >= 11 is 0. The Kier molecular flexibility index (Phi) is 3.41. The van der Waals surface area contributed by atoms with Crippen LogP contribution >= 0.6 is 0 Å². The average molecular weight is 264 g/mol. The van der Waals surface area contributed by atoms with Gasteiger partial charge >= 0.3 is 0 Å². The van der Waals surface area contributed by atoms with Crippen LogP contribution in [0.25, 0.3) is 11.3 Å². The molecule has 1 aromatic carbocycles. The van der Waals surface area contributed by atoms with Crippen LogP contribution in [0.5, 0.6) is 5.75 Å². The highest BCUT2D eigenvalue weighted by atomic mass is 19.1. The third-order valence-electron chi connectivity index (χ3n) is 2.52. The van der Waals surface area contributed by atoms with Crippen LogP contribution in [0.1, 0.15) is 10.4 Å². The number of carbonyl (C=O) groups is 1. The predicted molar refractivity (Wildman–Crippen MR) is 64.7 cm³/mol. The molecule has 0 unspecified atom stereocenters. The molecule has 0 spiro atoms. The van der Waals surface area contributed by atoms with Crippen LogP contribution in [0.4, 0.5) is 8.78 Å². The first kappa shape index (κ1) is 12.9. The van der Waals surface area contributed by atoms with Gasteiger partial charge in [0.1, 0.15) is 22.9 Å². The quantitative estimate of drug-likeness (QED) is 0.923. The second kappa shape index (κ2) is 5.01. The Morgan fingerprint density at radius 2 is 1.89 bits per heavy atom. The standard InChI is InChI=1S/C13H10F2N2O2/c1-19-10-2-3-17-12(11(10)13(16)18)7-4-8(14)6-9(15)5-7/h2-6H,1H3,(H2,16,18). The average Bonchev–Trinajstić information content (AvgIpc) is 2.36. The second-order valence-corrected chi connectivity index (χ2v) is 3.76. The number of rotatable bonds is 3. The zero-order valence-corrected chi connectivity index (χ0v) is 9.98. The number of hydrogen-bond acceptors (Lipinski definition) is 3. The monoisotopic (exact) mass is 264 g/mol. The van der Waals surface area contributed by atoms with Crippen molar-refractivity contribution in [2.24, 2.45) is 5.73 Å². The lowest BCUT2D eigenvalue weighted by molar-refractivity contribution is 0.0997. The molecule has 4 nitrogen and oxygen atoms in total. The van der Waals surface area contributed by atoms with Crippen LogP contribution in [0.15, 0.2) is 30.5 Å². The Morgan fingerprint density at radius 1 is 1.26 bits per heavy atom. The van der Waals surface area contributed by atoms with Gasteiger partial charge in [0, 0.05) is 17.8 Å². The van der Waals surface area contributed by atoms with Crippen LogP contribution in [0, 0.1) is 11.6 Å². The highest BCUT2D eigenvalue weighted by molar-refractivity contribution is 6.01. The Balaban J connectivity index is 2.71. The van der Waals surface area contributed by atoms with Crippen LogP contribution in [0.3, 0.4) is 0 Å². The lowest BCUT2D eigenvalue weighted by Gasteiger charge is -2.10. The van der Waals surface area contributed by atoms with Crippen molar-refractivity contribution < 1.29 is 18.3 Å². The maximum atomic E-state index is 13.2. The molecule has 0 atom stereocenters. The SMILES string of the molecule is COc1ccnc(-c2cc(F)cc(F)c2)c1C(N)=O. The van der Waals surface area contributed by atoms with Crippen LogP contribution in [0.2, 0.25) is 0 Å². The third kappa shape index (κ3) is 2.52. The van der Waals surface area contributed by atoms with Crippen molar-refractivity contribution in [2.75, 3.05) is 7.11 Å². The van der Waals surface area contributed by atoms with Gasteiger partial charge in [0.15, 0.2) is 0 Å². The van der Waals surface area contributed by atoms with Crippen molar-refractivity contribution in [1.29, 1.82) is 0 Å². The summed E-state index contributed by atoms with van der Waals surface area (Å²) in [5.41, 5.74) is 5.43. The van der Waals surface area contributed by atoms with Crippen molar-refractivity contribution in [3.05, 3.63) is 47.7 Å². The molecule has 0 aliphatic heterocycles. The number of carbonyl (C=O) groups excluding carboxylic acids is 1. The molecule has 1 aromatic heterocycles. The topological polar surface area (TPSA) is 65.2 Å². The minimum Gasteiger partial charge on any atom is -0.496 e. The molecule has 2 rings (SSSR count). The third-order valence-corrected chi connectivity index (χ3v) is 2.52. The molecule has 1 amide bonds. The van der Waals surface area contributed by atoms with E-state index in [1.54, 1.807) is 0 Å². The van der Waals surface area contributed by atoms with Gasteiger partial charge in [0.25, 0.3) is 5.91 Å². The molecule has 1 heterocycles. The summed E-state index contributed by atoms with van der Waals surface area (Å²) in [5.74, 6) is -2.13. The van der Waals surface area contributed by atoms with E-state index < -0.39 is 17.5 Å². The summed E-state index contributed by atoms with van der Waals surface area (Å²) in [6.07, 6.45) is 1.36. The molecule has 98 valence electrons. The van der Waals surface area contributed by atoms with E-state index in [-0.39, 0.29) is 22.6 Å². The van der Waals surface area contributed by atoms with Crippen molar-refractivity contribution in [3.63, 3.8) is 0 Å². The van der Waals surface area contributed by atoms with Crippen molar-refractivity contribution in [1.82, 2.24) is 4.98 Å². The maximum absolute atomic E-state index is 13.2. The summed E-state index contributed by atoms with van der Waals surface area (Å²) in [6.45, 7) is 0. The number of pyridine rings is 1. The second-order valence-electron chi connectivity index (χ2n) is 3.76. The van der Waals surface area contributed by atoms with Gasteiger partial charge in [-0.15, -0.1) is 0 Å². The molecule has 0 aliphatic rings. The van der Waals surface area contributed by atoms with E-state index >= 15 is 0 Å². The Hall–Kier alpha value is -2.50. The maximum Gasteiger partial charge on any atom is 0.254 e. The van der Waals surface area contributed by atoms with Gasteiger partial charge in [0.2, 0.25) is 0 Å². The largest absolute Gasteiger partial charge is 0.496 e. The molecule has 0 radical (unpaired) electrons. The summed E-state index contributed by atoms with van der Waals surface area (Å²) < 4.78 is 31.4. The van der Waals surface area contributed by atoms with E-state index in [1.165, 1.54) is 19.4 Å². The normalized spacial score (nSPS) is 10.3. The number of hydrogen-bond donors (Lipinski definition) is 1. The number of amides is 1. The first-order valence-electron chi connectivity index (χ1n) is 5.32. The first-order chi connectivity index (χ1) is 9.02. The number of primary amides is 1. The van der Waals surface area contributed by atoms with Gasteiger partial charge in [-0.25, -0.2) is 8.78 Å². The van der Waals surface area contributed by atoms with Crippen LogP contribution in [-0.4, -0.2) is 18.0 Å². The molecule has 0 bridgehead atoms. The number of ether oxygens (including phenoxy) is 1. The van der Waals surface area contributed by atoms with Crippen molar-refractivity contribution in [3.8, 4) is 17.0 Å².